The first-order valence-corrected chi connectivity index (χ1v) is 6.39. The largest absolute Gasteiger partial charge is 0.508 e. The highest BCUT2D eigenvalue weighted by Gasteiger charge is 2.24. The minimum absolute atomic E-state index is 0.0533. The average molecular weight is 293 g/mol. The third-order valence-corrected chi connectivity index (χ3v) is 3.20. The zero-order valence-electron chi connectivity index (χ0n) is 10.9. The summed E-state index contributed by atoms with van der Waals surface area (Å²) >= 11 is 0. The maximum absolute atomic E-state index is 12.1. The highest BCUT2D eigenvalue weighted by molar-refractivity contribution is 5.52. The van der Waals surface area contributed by atoms with Crippen molar-refractivity contribution >= 4 is 5.69 Å². The number of nitrogens with one attached hydrogen (secondary N) is 1. The molecule has 1 aliphatic rings. The van der Waals surface area contributed by atoms with Gasteiger partial charge < -0.3 is 19.9 Å². The number of hydrogen-bond donors (Lipinski definition) is 2. The van der Waals surface area contributed by atoms with Crippen molar-refractivity contribution in [2.24, 2.45) is 0 Å². The minimum atomic E-state index is -2.83. The van der Waals surface area contributed by atoms with Crippen molar-refractivity contribution in [3.63, 3.8) is 0 Å². The van der Waals surface area contributed by atoms with Gasteiger partial charge in [-0.1, -0.05) is 0 Å². The van der Waals surface area contributed by atoms with Gasteiger partial charge in [0.2, 0.25) is 0 Å². The van der Waals surface area contributed by atoms with Gasteiger partial charge in [-0.25, -0.2) is 0 Å². The van der Waals surface area contributed by atoms with Crippen LogP contribution in [0.25, 0.3) is 0 Å². The third kappa shape index (κ3) is 2.99. The van der Waals surface area contributed by atoms with Crippen molar-refractivity contribution in [2.75, 3.05) is 11.9 Å². The van der Waals surface area contributed by atoms with Gasteiger partial charge in [0.1, 0.15) is 23.9 Å². The van der Waals surface area contributed by atoms with Gasteiger partial charge in [0.05, 0.1) is 6.04 Å². The number of hydrogen-bond acceptors (Lipinski definition) is 4. The first kappa shape index (κ1) is 13.5. The number of anilines is 1. The quantitative estimate of drug-likeness (QED) is 0.905. The number of alkyl halides is 2. The number of fused-ring (bicyclic) bond motifs is 1. The Bertz CT molecular complexity index is 631. The molecule has 110 valence electrons. The highest BCUT2D eigenvalue weighted by Crippen LogP contribution is 2.36. The molecule has 4 nitrogen and oxygen atoms in total. The zero-order valence-corrected chi connectivity index (χ0v) is 10.9. The lowest BCUT2D eigenvalue weighted by Crippen LogP contribution is -2.11. The van der Waals surface area contributed by atoms with Crippen LogP contribution in [-0.4, -0.2) is 18.3 Å². The van der Waals surface area contributed by atoms with Crippen molar-refractivity contribution in [1.29, 1.82) is 0 Å². The molecule has 1 atom stereocenters. The van der Waals surface area contributed by atoms with Gasteiger partial charge in [-0.2, -0.15) is 8.78 Å². The molecule has 2 aromatic carbocycles. The van der Waals surface area contributed by atoms with Gasteiger partial charge in [0.15, 0.2) is 0 Å². The van der Waals surface area contributed by atoms with Crippen LogP contribution >= 0.6 is 0 Å². The molecule has 1 aliphatic heterocycles. The van der Waals surface area contributed by atoms with Crippen molar-refractivity contribution in [2.45, 2.75) is 12.7 Å². The lowest BCUT2D eigenvalue weighted by atomic mass is 10.1. The van der Waals surface area contributed by atoms with E-state index in [-0.39, 0.29) is 17.5 Å². The fraction of sp³-hybridized carbons (Fsp3) is 0.200. The smallest absolute Gasteiger partial charge is 0.387 e. The van der Waals surface area contributed by atoms with Crippen molar-refractivity contribution in [3.8, 4) is 17.2 Å². The Kier molecular flexibility index (Phi) is 3.51. The lowest BCUT2D eigenvalue weighted by molar-refractivity contribution is -0.0498. The molecule has 0 saturated carbocycles. The molecule has 1 unspecified atom stereocenters. The van der Waals surface area contributed by atoms with Crippen LogP contribution in [0.3, 0.4) is 0 Å². The maximum Gasteiger partial charge on any atom is 0.387 e. The molecule has 21 heavy (non-hydrogen) atoms. The van der Waals surface area contributed by atoms with E-state index >= 15 is 0 Å². The van der Waals surface area contributed by atoms with Crippen molar-refractivity contribution in [3.05, 3.63) is 48.0 Å². The number of benzene rings is 2. The molecule has 2 aromatic rings. The summed E-state index contributed by atoms with van der Waals surface area (Å²) < 4.78 is 33.9. The van der Waals surface area contributed by atoms with Gasteiger partial charge in [-0.15, -0.1) is 0 Å². The summed E-state index contributed by atoms with van der Waals surface area (Å²) in [6.45, 7) is -2.39. The monoisotopic (exact) mass is 293 g/mol. The molecule has 0 aromatic heterocycles. The second kappa shape index (κ2) is 5.47. The van der Waals surface area contributed by atoms with Crippen LogP contribution in [-0.2, 0) is 0 Å². The molecule has 0 radical (unpaired) electrons. The van der Waals surface area contributed by atoms with Gasteiger partial charge >= 0.3 is 6.61 Å². The summed E-state index contributed by atoms with van der Waals surface area (Å²) in [5.41, 5.74) is 1.71. The molecule has 0 spiro atoms. The van der Waals surface area contributed by atoms with Gasteiger partial charge in [-0.3, -0.25) is 0 Å². The first-order chi connectivity index (χ1) is 10.1. The van der Waals surface area contributed by atoms with E-state index in [1.54, 1.807) is 30.3 Å². The summed E-state index contributed by atoms with van der Waals surface area (Å²) in [5, 5.41) is 12.6. The number of phenolic OH excluding ortho intramolecular Hbond substituents is 1. The van der Waals surface area contributed by atoms with Crippen molar-refractivity contribution < 1.29 is 23.4 Å². The van der Waals surface area contributed by atoms with Crippen molar-refractivity contribution in [1.82, 2.24) is 0 Å². The van der Waals surface area contributed by atoms with E-state index < -0.39 is 6.61 Å². The molecule has 0 saturated heterocycles. The molecular formula is C15H13F2NO3. The van der Waals surface area contributed by atoms with Crippen LogP contribution in [0.1, 0.15) is 11.6 Å². The Labute approximate surface area is 119 Å². The number of ether oxygens (including phenoxy) is 2. The van der Waals surface area contributed by atoms with Crippen LogP contribution in [0.2, 0.25) is 0 Å². The Balaban J connectivity index is 1.71. The van der Waals surface area contributed by atoms with Gasteiger partial charge in [0, 0.05) is 17.3 Å². The molecule has 0 amide bonds. The lowest BCUT2D eigenvalue weighted by Gasteiger charge is -2.13. The molecule has 0 aliphatic carbocycles. The molecule has 0 bridgehead atoms. The van der Waals surface area contributed by atoms with Gasteiger partial charge in [-0.05, 0) is 36.4 Å². The Morgan fingerprint density at radius 3 is 2.67 bits per heavy atom. The number of phenols is 1. The highest BCUT2D eigenvalue weighted by atomic mass is 19.3. The van der Waals surface area contributed by atoms with E-state index in [1.165, 1.54) is 12.1 Å². The SMILES string of the molecule is Oc1ccc2c(c1)OCC2Nc1ccc(OC(F)F)cc1. The summed E-state index contributed by atoms with van der Waals surface area (Å²) in [6.07, 6.45) is 0. The normalized spacial score (nSPS) is 16.4. The van der Waals surface area contributed by atoms with E-state index in [2.05, 4.69) is 10.1 Å². The van der Waals surface area contributed by atoms with Crippen LogP contribution in [0.4, 0.5) is 14.5 Å². The Morgan fingerprint density at radius 2 is 1.95 bits per heavy atom. The van der Waals surface area contributed by atoms with E-state index in [1.807, 2.05) is 0 Å². The molecular weight excluding hydrogens is 280 g/mol. The molecule has 6 heteroatoms. The predicted molar refractivity (Wildman–Crippen MR) is 73.0 cm³/mol. The van der Waals surface area contributed by atoms with E-state index in [4.69, 9.17) is 4.74 Å². The third-order valence-electron chi connectivity index (χ3n) is 3.20. The Morgan fingerprint density at radius 1 is 1.19 bits per heavy atom. The molecule has 3 rings (SSSR count). The van der Waals surface area contributed by atoms with E-state index in [0.29, 0.717) is 12.4 Å². The predicted octanol–water partition coefficient (Wildman–Crippen LogP) is 3.54. The molecule has 2 N–H and O–H groups in total. The second-order valence-electron chi connectivity index (χ2n) is 4.63. The van der Waals surface area contributed by atoms with E-state index in [9.17, 15) is 13.9 Å². The number of rotatable bonds is 4. The average Bonchev–Trinajstić information content (AvgIpc) is 2.83. The number of aromatic hydroxyl groups is 1. The summed E-state index contributed by atoms with van der Waals surface area (Å²) in [7, 11) is 0. The summed E-state index contributed by atoms with van der Waals surface area (Å²) in [5.74, 6) is 0.914. The van der Waals surface area contributed by atoms with Gasteiger partial charge in [0.25, 0.3) is 0 Å². The van der Waals surface area contributed by atoms with Crippen LogP contribution < -0.4 is 14.8 Å². The first-order valence-electron chi connectivity index (χ1n) is 6.39. The summed E-state index contributed by atoms with van der Waals surface area (Å²) in [4.78, 5) is 0. The zero-order chi connectivity index (χ0) is 14.8. The van der Waals surface area contributed by atoms with Crippen LogP contribution in [0.15, 0.2) is 42.5 Å². The Hall–Kier alpha value is -2.50. The fourth-order valence-corrected chi connectivity index (χ4v) is 2.25. The fourth-order valence-electron chi connectivity index (χ4n) is 2.25. The minimum Gasteiger partial charge on any atom is -0.508 e. The van der Waals surface area contributed by atoms with Crippen LogP contribution in [0, 0.1) is 0 Å². The number of halogens is 2. The topological polar surface area (TPSA) is 50.7 Å². The molecule has 0 fully saturated rings. The standard InChI is InChI=1S/C15H13F2NO3/c16-15(17)21-11-4-1-9(2-5-11)18-13-8-20-14-7-10(19)3-6-12(13)14/h1-7,13,15,18-19H,8H2. The summed E-state index contributed by atoms with van der Waals surface area (Å²) in [6, 6.07) is 11.2. The second-order valence-corrected chi connectivity index (χ2v) is 4.63. The maximum atomic E-state index is 12.1. The van der Waals surface area contributed by atoms with Crippen LogP contribution in [0.5, 0.6) is 17.2 Å². The molecule has 1 heterocycles. The van der Waals surface area contributed by atoms with E-state index in [0.717, 1.165) is 11.3 Å².